The van der Waals surface area contributed by atoms with Gasteiger partial charge in [0.1, 0.15) is 0 Å². The molecule has 0 fully saturated rings. The molecule has 0 spiro atoms. The number of nitrogens with one attached hydrogen (secondary N) is 2. The van der Waals surface area contributed by atoms with Crippen molar-refractivity contribution >= 4 is 11.8 Å². The number of aromatic nitrogens is 2. The van der Waals surface area contributed by atoms with Gasteiger partial charge in [0.15, 0.2) is 0 Å². The number of amides is 1. The van der Waals surface area contributed by atoms with E-state index in [1.165, 1.54) is 0 Å². The third-order valence-electron chi connectivity index (χ3n) is 3.86. The summed E-state index contributed by atoms with van der Waals surface area (Å²) in [6, 6.07) is 13.9. The van der Waals surface area contributed by atoms with Crippen molar-refractivity contribution in [1.29, 1.82) is 0 Å². The summed E-state index contributed by atoms with van der Waals surface area (Å²) in [5.41, 5.74) is 4.03. The lowest BCUT2D eigenvalue weighted by Gasteiger charge is -2.14. The molecule has 2 N–H and O–H groups in total. The number of carbonyl (C=O) groups excluding carboxylic acids is 1. The lowest BCUT2D eigenvalue weighted by molar-refractivity contribution is -0.115. The van der Waals surface area contributed by atoms with Crippen molar-refractivity contribution in [3.05, 3.63) is 66.1 Å². The third-order valence-corrected chi connectivity index (χ3v) is 3.86. The minimum atomic E-state index is -0.171. The molecule has 1 atom stereocenters. The molecule has 0 aliphatic carbocycles. The molecular formula is C19H20N4O2. The van der Waals surface area contributed by atoms with Crippen molar-refractivity contribution < 1.29 is 9.32 Å². The van der Waals surface area contributed by atoms with Crippen LogP contribution in [0.15, 0.2) is 59.4 Å². The van der Waals surface area contributed by atoms with Gasteiger partial charge in [-0.25, -0.2) is 0 Å². The van der Waals surface area contributed by atoms with Gasteiger partial charge in [-0.05, 0) is 36.6 Å². The summed E-state index contributed by atoms with van der Waals surface area (Å²) in [7, 11) is 0. The van der Waals surface area contributed by atoms with Crippen LogP contribution in [0, 0.1) is 6.92 Å². The molecule has 0 unspecified atom stereocenters. The van der Waals surface area contributed by atoms with Crippen molar-refractivity contribution in [2.24, 2.45) is 0 Å². The van der Waals surface area contributed by atoms with Gasteiger partial charge in [-0.15, -0.1) is 0 Å². The number of carbonyl (C=O) groups is 1. The maximum absolute atomic E-state index is 11.9. The summed E-state index contributed by atoms with van der Waals surface area (Å²) in [4.78, 5) is 16.1. The van der Waals surface area contributed by atoms with E-state index in [-0.39, 0.29) is 18.5 Å². The minimum Gasteiger partial charge on any atom is -0.338 e. The lowest BCUT2D eigenvalue weighted by Crippen LogP contribution is -2.30. The van der Waals surface area contributed by atoms with Gasteiger partial charge in [-0.3, -0.25) is 15.1 Å². The summed E-state index contributed by atoms with van der Waals surface area (Å²) in [5, 5.41) is 9.59. The third kappa shape index (κ3) is 4.51. The molecule has 1 aromatic carbocycles. The summed E-state index contributed by atoms with van der Waals surface area (Å²) in [6.45, 7) is 4.00. The van der Waals surface area contributed by atoms with E-state index in [1.54, 1.807) is 19.2 Å². The first-order valence-electron chi connectivity index (χ1n) is 8.09. The normalized spacial score (nSPS) is 11.9. The van der Waals surface area contributed by atoms with Gasteiger partial charge in [0, 0.05) is 24.5 Å². The van der Waals surface area contributed by atoms with E-state index in [0.717, 1.165) is 22.4 Å². The average molecular weight is 336 g/mol. The average Bonchev–Trinajstić information content (AvgIpc) is 3.05. The number of benzene rings is 1. The van der Waals surface area contributed by atoms with Crippen LogP contribution in [0.1, 0.15) is 24.2 Å². The number of hydrogen-bond acceptors (Lipinski definition) is 5. The number of aryl methyl sites for hydroxylation is 1. The fraction of sp³-hybridized carbons (Fsp3) is 0.211. The second-order valence-corrected chi connectivity index (χ2v) is 5.85. The summed E-state index contributed by atoms with van der Waals surface area (Å²) in [5.74, 6) is 0.188. The van der Waals surface area contributed by atoms with Crippen LogP contribution in [-0.4, -0.2) is 22.6 Å². The standard InChI is InChI=1S/C19H20N4O2/c1-13-10-19(25-23-13)22-18(24)12-21-14(2)15-5-7-16(8-6-15)17-4-3-9-20-11-17/h3-11,14,21H,12H2,1-2H3,(H,22,24)/t14-/m0/s1. The van der Waals surface area contributed by atoms with Crippen LogP contribution < -0.4 is 10.6 Å². The topological polar surface area (TPSA) is 80.0 Å². The molecular weight excluding hydrogens is 316 g/mol. The van der Waals surface area contributed by atoms with E-state index in [0.29, 0.717) is 5.88 Å². The van der Waals surface area contributed by atoms with E-state index in [9.17, 15) is 4.79 Å². The molecule has 0 aliphatic heterocycles. The highest BCUT2D eigenvalue weighted by molar-refractivity contribution is 5.90. The van der Waals surface area contributed by atoms with Gasteiger partial charge in [0.25, 0.3) is 0 Å². The van der Waals surface area contributed by atoms with Crippen molar-refractivity contribution in [3.63, 3.8) is 0 Å². The fourth-order valence-electron chi connectivity index (χ4n) is 2.47. The maximum atomic E-state index is 11.9. The second kappa shape index (κ2) is 7.72. The quantitative estimate of drug-likeness (QED) is 0.722. The number of rotatable bonds is 6. The van der Waals surface area contributed by atoms with Crippen molar-refractivity contribution in [3.8, 4) is 11.1 Å². The van der Waals surface area contributed by atoms with E-state index in [4.69, 9.17) is 4.52 Å². The summed E-state index contributed by atoms with van der Waals surface area (Å²) < 4.78 is 4.97. The van der Waals surface area contributed by atoms with Gasteiger partial charge < -0.3 is 9.84 Å². The van der Waals surface area contributed by atoms with Crippen LogP contribution in [0.5, 0.6) is 0 Å². The Morgan fingerprint density at radius 3 is 2.64 bits per heavy atom. The Balaban J connectivity index is 1.54. The Morgan fingerprint density at radius 1 is 1.20 bits per heavy atom. The van der Waals surface area contributed by atoms with E-state index in [2.05, 4.69) is 45.0 Å². The van der Waals surface area contributed by atoms with Crippen LogP contribution in [-0.2, 0) is 4.79 Å². The lowest BCUT2D eigenvalue weighted by atomic mass is 10.0. The molecule has 128 valence electrons. The molecule has 3 rings (SSSR count). The molecule has 1 amide bonds. The SMILES string of the molecule is Cc1cc(NC(=O)CN[C@@H](C)c2ccc(-c3cccnc3)cc2)on1. The maximum Gasteiger partial charge on any atom is 0.240 e. The predicted octanol–water partition coefficient (Wildman–Crippen LogP) is 3.33. The zero-order chi connectivity index (χ0) is 17.6. The van der Waals surface area contributed by atoms with Gasteiger partial charge in [0.2, 0.25) is 11.8 Å². The monoisotopic (exact) mass is 336 g/mol. The highest BCUT2D eigenvalue weighted by Gasteiger charge is 2.10. The molecule has 6 heteroatoms. The number of hydrogen-bond donors (Lipinski definition) is 2. The van der Waals surface area contributed by atoms with Crippen molar-refractivity contribution in [1.82, 2.24) is 15.5 Å². The van der Waals surface area contributed by atoms with E-state index >= 15 is 0 Å². The first-order chi connectivity index (χ1) is 12.1. The highest BCUT2D eigenvalue weighted by Crippen LogP contribution is 2.21. The second-order valence-electron chi connectivity index (χ2n) is 5.85. The number of anilines is 1. The minimum absolute atomic E-state index is 0.0464. The molecule has 2 aromatic heterocycles. The molecule has 0 radical (unpaired) electrons. The van der Waals surface area contributed by atoms with E-state index in [1.807, 2.05) is 25.3 Å². The molecule has 6 nitrogen and oxygen atoms in total. The van der Waals surface area contributed by atoms with Crippen molar-refractivity contribution in [2.45, 2.75) is 19.9 Å². The molecule has 3 aromatic rings. The molecule has 0 bridgehead atoms. The van der Waals surface area contributed by atoms with Crippen LogP contribution >= 0.6 is 0 Å². The zero-order valence-corrected chi connectivity index (χ0v) is 14.2. The Labute approximate surface area is 146 Å². The first-order valence-corrected chi connectivity index (χ1v) is 8.09. The Kier molecular flexibility index (Phi) is 5.20. The Morgan fingerprint density at radius 2 is 2.00 bits per heavy atom. The zero-order valence-electron chi connectivity index (χ0n) is 14.2. The summed E-state index contributed by atoms with van der Waals surface area (Å²) in [6.07, 6.45) is 3.60. The summed E-state index contributed by atoms with van der Waals surface area (Å²) >= 11 is 0. The Hall–Kier alpha value is -2.99. The van der Waals surface area contributed by atoms with E-state index < -0.39 is 0 Å². The fourth-order valence-corrected chi connectivity index (χ4v) is 2.47. The molecule has 2 heterocycles. The Bertz CT molecular complexity index is 828. The van der Waals surface area contributed by atoms with Crippen molar-refractivity contribution in [2.75, 3.05) is 11.9 Å². The molecule has 0 aliphatic rings. The highest BCUT2D eigenvalue weighted by atomic mass is 16.5. The first kappa shape index (κ1) is 16.9. The number of pyridine rings is 1. The molecule has 25 heavy (non-hydrogen) atoms. The molecule has 0 saturated carbocycles. The van der Waals surface area contributed by atoms with Crippen LogP contribution in [0.4, 0.5) is 5.88 Å². The van der Waals surface area contributed by atoms with Gasteiger partial charge in [0.05, 0.1) is 12.2 Å². The van der Waals surface area contributed by atoms with Crippen LogP contribution in [0.2, 0.25) is 0 Å². The predicted molar refractivity (Wildman–Crippen MR) is 96.0 cm³/mol. The number of nitrogens with zero attached hydrogens (tertiary/aromatic N) is 2. The van der Waals surface area contributed by atoms with Crippen LogP contribution in [0.3, 0.4) is 0 Å². The molecule has 0 saturated heterocycles. The smallest absolute Gasteiger partial charge is 0.240 e. The van der Waals surface area contributed by atoms with Gasteiger partial charge in [-0.2, -0.15) is 0 Å². The largest absolute Gasteiger partial charge is 0.338 e. The van der Waals surface area contributed by atoms with Crippen LogP contribution in [0.25, 0.3) is 11.1 Å². The van der Waals surface area contributed by atoms with Gasteiger partial charge >= 0.3 is 0 Å². The van der Waals surface area contributed by atoms with Gasteiger partial charge in [-0.1, -0.05) is 35.5 Å².